The molecule has 0 spiro atoms. The van der Waals surface area contributed by atoms with E-state index in [1.54, 1.807) is 7.11 Å². The molecule has 2 heterocycles. The van der Waals surface area contributed by atoms with E-state index in [0.717, 1.165) is 16.7 Å². The zero-order chi connectivity index (χ0) is 34.6. The molecule has 252 valence electrons. The van der Waals surface area contributed by atoms with E-state index in [1.807, 2.05) is 56.3 Å². The molecule has 0 bridgehead atoms. The van der Waals surface area contributed by atoms with Crippen molar-refractivity contribution in [3.8, 4) is 28.6 Å². The Kier molecular flexibility index (Phi) is 10.3. The molecular weight excluding hydrogens is 643 g/mol. The van der Waals surface area contributed by atoms with Gasteiger partial charge in [-0.1, -0.05) is 69.8 Å². The number of anilines is 1. The number of amides is 2. The molecule has 9 nitrogen and oxygen atoms in total. The SMILES string of the molecule is COc1ccc(C(C)C)c(N2C(=O)CSC2=NC(=O)CCC(C)(C)Cc2ccc(-c3ncn(-c4ccc(OC(F)(F)F)cc4)n3)cc2)c1. The normalized spacial score (nSPS) is 14.6. The molecule has 3 aromatic carbocycles. The van der Waals surface area contributed by atoms with Crippen molar-refractivity contribution in [1.82, 2.24) is 14.8 Å². The Morgan fingerprint density at radius 3 is 2.35 bits per heavy atom. The molecular formula is C35H36F3N5O4S. The van der Waals surface area contributed by atoms with Gasteiger partial charge < -0.3 is 9.47 Å². The summed E-state index contributed by atoms with van der Waals surface area (Å²) in [6.07, 6.45) is -1.72. The summed E-state index contributed by atoms with van der Waals surface area (Å²) in [7, 11) is 1.57. The molecule has 0 saturated carbocycles. The van der Waals surface area contributed by atoms with Gasteiger partial charge in [0.2, 0.25) is 11.8 Å². The monoisotopic (exact) mass is 679 g/mol. The Labute approximate surface area is 281 Å². The fourth-order valence-electron chi connectivity index (χ4n) is 5.35. The van der Waals surface area contributed by atoms with Crippen molar-refractivity contribution >= 4 is 34.4 Å². The van der Waals surface area contributed by atoms with E-state index in [4.69, 9.17) is 4.74 Å². The minimum Gasteiger partial charge on any atom is -0.497 e. The van der Waals surface area contributed by atoms with E-state index in [2.05, 4.69) is 33.7 Å². The summed E-state index contributed by atoms with van der Waals surface area (Å²) in [5, 5.41) is 4.85. The number of amidine groups is 1. The van der Waals surface area contributed by atoms with E-state index in [1.165, 1.54) is 51.9 Å². The molecule has 1 saturated heterocycles. The zero-order valence-electron chi connectivity index (χ0n) is 27.2. The Morgan fingerprint density at radius 1 is 1.02 bits per heavy atom. The van der Waals surface area contributed by atoms with Gasteiger partial charge in [0, 0.05) is 18.1 Å². The summed E-state index contributed by atoms with van der Waals surface area (Å²) in [5.74, 6) is 0.737. The van der Waals surface area contributed by atoms with E-state index in [9.17, 15) is 22.8 Å². The first-order valence-electron chi connectivity index (χ1n) is 15.3. The van der Waals surface area contributed by atoms with Crippen molar-refractivity contribution < 1.29 is 32.2 Å². The van der Waals surface area contributed by atoms with Crippen LogP contribution < -0.4 is 14.4 Å². The molecule has 2 amide bonds. The number of rotatable bonds is 11. The highest BCUT2D eigenvalue weighted by Gasteiger charge is 2.33. The summed E-state index contributed by atoms with van der Waals surface area (Å²) in [6.45, 7) is 8.29. The van der Waals surface area contributed by atoms with E-state index >= 15 is 0 Å². The Morgan fingerprint density at radius 2 is 1.71 bits per heavy atom. The van der Waals surface area contributed by atoms with Crippen LogP contribution >= 0.6 is 11.8 Å². The van der Waals surface area contributed by atoms with Crippen LogP contribution in [0.5, 0.6) is 11.5 Å². The number of alkyl halides is 3. The number of ether oxygens (including phenoxy) is 2. The molecule has 48 heavy (non-hydrogen) atoms. The highest BCUT2D eigenvalue weighted by Crippen LogP contribution is 2.36. The van der Waals surface area contributed by atoms with Crippen molar-refractivity contribution in [1.29, 1.82) is 0 Å². The number of methoxy groups -OCH3 is 1. The second-order valence-corrected chi connectivity index (χ2v) is 13.4. The van der Waals surface area contributed by atoms with Crippen LogP contribution in [-0.2, 0) is 16.0 Å². The van der Waals surface area contributed by atoms with Crippen LogP contribution in [0.4, 0.5) is 18.9 Å². The topological polar surface area (TPSA) is 98.9 Å². The van der Waals surface area contributed by atoms with E-state index < -0.39 is 6.36 Å². The van der Waals surface area contributed by atoms with Gasteiger partial charge in [0.05, 0.1) is 24.2 Å². The van der Waals surface area contributed by atoms with Crippen molar-refractivity contribution in [3.63, 3.8) is 0 Å². The molecule has 0 unspecified atom stereocenters. The van der Waals surface area contributed by atoms with Gasteiger partial charge in [-0.15, -0.1) is 18.3 Å². The van der Waals surface area contributed by atoms with Gasteiger partial charge in [-0.25, -0.2) is 9.67 Å². The number of halogens is 3. The van der Waals surface area contributed by atoms with Gasteiger partial charge in [-0.05, 0) is 65.6 Å². The van der Waals surface area contributed by atoms with Crippen LogP contribution in [-0.4, -0.2) is 51.0 Å². The summed E-state index contributed by atoms with van der Waals surface area (Å²) in [5.41, 5.74) is 3.83. The summed E-state index contributed by atoms with van der Waals surface area (Å²) in [6, 6.07) is 18.8. The molecule has 1 fully saturated rings. The highest BCUT2D eigenvalue weighted by atomic mass is 32.2. The average Bonchev–Trinajstić information content (AvgIpc) is 3.66. The number of aliphatic imine (C=N–C) groups is 1. The predicted molar refractivity (Wildman–Crippen MR) is 180 cm³/mol. The molecule has 1 aliphatic rings. The maximum atomic E-state index is 13.1. The second-order valence-electron chi connectivity index (χ2n) is 12.5. The van der Waals surface area contributed by atoms with Crippen molar-refractivity contribution in [2.24, 2.45) is 10.4 Å². The third-order valence-corrected chi connectivity index (χ3v) is 8.75. The van der Waals surface area contributed by atoms with Gasteiger partial charge in [-0.3, -0.25) is 14.5 Å². The summed E-state index contributed by atoms with van der Waals surface area (Å²) >= 11 is 1.26. The third kappa shape index (κ3) is 8.62. The second kappa shape index (κ2) is 14.2. The first-order valence-corrected chi connectivity index (χ1v) is 16.3. The van der Waals surface area contributed by atoms with E-state index in [-0.39, 0.29) is 41.1 Å². The van der Waals surface area contributed by atoms with Crippen molar-refractivity contribution in [2.45, 2.75) is 59.2 Å². The molecule has 0 N–H and O–H groups in total. The highest BCUT2D eigenvalue weighted by molar-refractivity contribution is 8.15. The predicted octanol–water partition coefficient (Wildman–Crippen LogP) is 7.98. The minimum absolute atomic E-state index is 0.124. The lowest BCUT2D eigenvalue weighted by atomic mass is 9.81. The van der Waals surface area contributed by atoms with Gasteiger partial charge >= 0.3 is 6.36 Å². The van der Waals surface area contributed by atoms with Gasteiger partial charge in [0.1, 0.15) is 17.8 Å². The fourth-order valence-corrected chi connectivity index (χ4v) is 6.23. The standard InChI is InChI=1S/C35H36F3N5O4S/c1-22(2)28-15-14-27(46-5)18-29(28)43-31(45)20-48-33(43)40-30(44)16-17-34(3,4)19-23-6-8-24(9-7-23)32-39-21-42(41-32)25-10-12-26(13-11-25)47-35(36,37)38/h6-15,18,21-22H,16-17,19-20H2,1-5H3. The maximum absolute atomic E-state index is 13.1. The average molecular weight is 680 g/mol. The first kappa shape index (κ1) is 34.7. The quantitative estimate of drug-likeness (QED) is 0.159. The smallest absolute Gasteiger partial charge is 0.497 e. The number of hydrogen-bond donors (Lipinski definition) is 0. The lowest BCUT2D eigenvalue weighted by Crippen LogP contribution is -2.31. The van der Waals surface area contributed by atoms with Crippen LogP contribution in [0.1, 0.15) is 57.6 Å². The largest absolute Gasteiger partial charge is 0.573 e. The van der Waals surface area contributed by atoms with Crippen LogP contribution in [0.15, 0.2) is 78.0 Å². The van der Waals surface area contributed by atoms with Crippen molar-refractivity contribution in [2.75, 3.05) is 17.8 Å². The zero-order valence-corrected chi connectivity index (χ0v) is 28.1. The molecule has 0 aliphatic carbocycles. The molecule has 1 aromatic heterocycles. The minimum atomic E-state index is -4.76. The van der Waals surface area contributed by atoms with Crippen LogP contribution in [0.3, 0.4) is 0 Å². The number of carbonyl (C=O) groups is 2. The van der Waals surface area contributed by atoms with Crippen molar-refractivity contribution in [3.05, 3.63) is 84.2 Å². The lowest BCUT2D eigenvalue weighted by molar-refractivity contribution is -0.274. The number of thioether (sulfide) groups is 1. The first-order chi connectivity index (χ1) is 22.7. The summed E-state index contributed by atoms with van der Waals surface area (Å²) in [4.78, 5) is 36.3. The number of benzene rings is 3. The molecule has 0 atom stereocenters. The molecule has 13 heteroatoms. The van der Waals surface area contributed by atoms with Crippen LogP contribution in [0.2, 0.25) is 0 Å². The molecule has 4 aromatic rings. The Bertz CT molecular complexity index is 1800. The number of nitrogens with zero attached hydrogens (tertiary/aromatic N) is 5. The van der Waals surface area contributed by atoms with Gasteiger partial charge in [0.15, 0.2) is 11.0 Å². The van der Waals surface area contributed by atoms with E-state index in [0.29, 0.717) is 41.0 Å². The summed E-state index contributed by atoms with van der Waals surface area (Å²) < 4.78 is 48.1. The van der Waals surface area contributed by atoms with Crippen LogP contribution in [0.25, 0.3) is 17.1 Å². The Hall–Kier alpha value is -4.65. The molecule has 5 rings (SSSR count). The number of aromatic nitrogens is 3. The van der Waals surface area contributed by atoms with Gasteiger partial charge in [-0.2, -0.15) is 4.99 Å². The van der Waals surface area contributed by atoms with Gasteiger partial charge in [0.25, 0.3) is 0 Å². The molecule has 1 aliphatic heterocycles. The Balaban J connectivity index is 1.20. The lowest BCUT2D eigenvalue weighted by Gasteiger charge is -2.24. The van der Waals surface area contributed by atoms with Crippen LogP contribution in [0, 0.1) is 5.41 Å². The number of hydrogen-bond acceptors (Lipinski definition) is 7. The molecule has 0 radical (unpaired) electrons. The fraction of sp³-hybridized carbons (Fsp3) is 0.343. The maximum Gasteiger partial charge on any atom is 0.573 e. The third-order valence-electron chi connectivity index (χ3n) is 7.82. The number of carbonyl (C=O) groups excluding carboxylic acids is 2.